The molecule has 0 aromatic carbocycles. The van der Waals surface area contributed by atoms with Crippen molar-refractivity contribution in [1.82, 2.24) is 4.90 Å². The van der Waals surface area contributed by atoms with Gasteiger partial charge in [0.15, 0.2) is 0 Å². The molecule has 2 nitrogen and oxygen atoms in total. The number of hydrogen-bond acceptors (Lipinski definition) is 1. The van der Waals surface area contributed by atoms with E-state index in [1.165, 1.54) is 0 Å². The molecule has 0 N–H and O–H groups in total. The van der Waals surface area contributed by atoms with Gasteiger partial charge in [-0.25, -0.2) is 6.57 Å². The summed E-state index contributed by atoms with van der Waals surface area (Å²) in [6, 6.07) is 0. The Bertz CT molecular complexity index is 91.6. The number of rotatable bonds is 4. The third-order valence-electron chi connectivity index (χ3n) is 1.13. The third-order valence-corrected chi connectivity index (χ3v) is 1.13. The molecule has 0 radical (unpaired) electrons. The van der Waals surface area contributed by atoms with Crippen molar-refractivity contribution in [3.8, 4) is 0 Å². The molecule has 0 bridgehead atoms. The fraction of sp³-hybridized carbons (Fsp3) is 0.857. The molecule has 0 spiro atoms. The van der Waals surface area contributed by atoms with Crippen LogP contribution >= 0.6 is 0 Å². The minimum Gasteiger partial charge on any atom is -0.317 e. The Labute approximate surface area is 57.3 Å². The van der Waals surface area contributed by atoms with Crippen LogP contribution in [0.15, 0.2) is 0 Å². The molecule has 9 heavy (non-hydrogen) atoms. The molecule has 0 atom stereocenters. The molecule has 0 amide bonds. The van der Waals surface area contributed by atoms with Gasteiger partial charge in [-0.1, -0.05) is 0 Å². The van der Waals surface area contributed by atoms with Crippen LogP contribution in [0.1, 0.15) is 12.8 Å². The van der Waals surface area contributed by atoms with Gasteiger partial charge in [0.2, 0.25) is 6.54 Å². The molecule has 0 fully saturated rings. The van der Waals surface area contributed by atoms with Crippen molar-refractivity contribution < 1.29 is 0 Å². The highest BCUT2D eigenvalue weighted by molar-refractivity contribution is 4.58. The molecule has 0 rings (SSSR count). The summed E-state index contributed by atoms with van der Waals surface area (Å²) in [5, 5.41) is 0. The average Bonchev–Trinajstić information content (AvgIpc) is 1.80. The monoisotopic (exact) mass is 126 g/mol. The highest BCUT2D eigenvalue weighted by atomic mass is 15.0. The van der Waals surface area contributed by atoms with Crippen molar-refractivity contribution in [1.29, 1.82) is 0 Å². The fourth-order valence-corrected chi connectivity index (χ4v) is 0.619. The van der Waals surface area contributed by atoms with Gasteiger partial charge < -0.3 is 9.74 Å². The summed E-state index contributed by atoms with van der Waals surface area (Å²) in [6.45, 7) is 8.29. The Morgan fingerprint density at radius 1 is 1.33 bits per heavy atom. The van der Waals surface area contributed by atoms with Crippen LogP contribution in [0.4, 0.5) is 0 Å². The minimum absolute atomic E-state index is 0.688. The predicted molar refractivity (Wildman–Crippen MR) is 39.3 cm³/mol. The third kappa shape index (κ3) is 7.45. The highest BCUT2D eigenvalue weighted by Gasteiger charge is 1.90. The zero-order chi connectivity index (χ0) is 7.11. The second kappa shape index (κ2) is 5.58. The van der Waals surface area contributed by atoms with Gasteiger partial charge in [-0.3, -0.25) is 0 Å². The van der Waals surface area contributed by atoms with E-state index in [1.807, 2.05) is 0 Å². The Balaban J connectivity index is 2.85. The van der Waals surface area contributed by atoms with Gasteiger partial charge in [0.25, 0.3) is 0 Å². The van der Waals surface area contributed by atoms with Crippen molar-refractivity contribution in [2.75, 3.05) is 27.2 Å². The van der Waals surface area contributed by atoms with Crippen LogP contribution < -0.4 is 0 Å². The lowest BCUT2D eigenvalue weighted by molar-refractivity contribution is 0.397. The van der Waals surface area contributed by atoms with E-state index in [4.69, 9.17) is 6.57 Å². The van der Waals surface area contributed by atoms with Crippen LogP contribution in [0.2, 0.25) is 0 Å². The smallest absolute Gasteiger partial charge is 0.214 e. The summed E-state index contributed by atoms with van der Waals surface area (Å²) < 4.78 is 0. The molecule has 52 valence electrons. The molecule has 0 aliphatic carbocycles. The van der Waals surface area contributed by atoms with Crippen molar-refractivity contribution in [3.63, 3.8) is 0 Å². The average molecular weight is 126 g/mol. The summed E-state index contributed by atoms with van der Waals surface area (Å²) in [5.74, 6) is 0. The largest absolute Gasteiger partial charge is 0.317 e. The fourth-order valence-electron chi connectivity index (χ4n) is 0.619. The molecule has 0 heterocycles. The van der Waals surface area contributed by atoms with Crippen LogP contribution in [0.5, 0.6) is 0 Å². The topological polar surface area (TPSA) is 7.60 Å². The van der Waals surface area contributed by atoms with Crippen LogP contribution in [0, 0.1) is 6.57 Å². The molecule has 0 saturated heterocycles. The molecule has 2 heteroatoms. The molecule has 0 aliphatic rings. The molecule has 0 unspecified atom stereocenters. The maximum Gasteiger partial charge on any atom is 0.214 e. The summed E-state index contributed by atoms with van der Waals surface area (Å²) in [6.07, 6.45) is 2.19. The lowest BCUT2D eigenvalue weighted by atomic mass is 10.3. The van der Waals surface area contributed by atoms with Crippen LogP contribution in [-0.4, -0.2) is 32.1 Å². The van der Waals surface area contributed by atoms with E-state index in [1.54, 1.807) is 0 Å². The van der Waals surface area contributed by atoms with Crippen molar-refractivity contribution in [2.24, 2.45) is 0 Å². The summed E-state index contributed by atoms with van der Waals surface area (Å²) in [7, 11) is 4.11. The van der Waals surface area contributed by atoms with E-state index in [2.05, 4.69) is 23.8 Å². The second-order valence-corrected chi connectivity index (χ2v) is 2.39. The quantitative estimate of drug-likeness (QED) is 0.406. The maximum absolute atomic E-state index is 6.50. The highest BCUT2D eigenvalue weighted by Crippen LogP contribution is 1.89. The van der Waals surface area contributed by atoms with E-state index in [0.717, 1.165) is 19.4 Å². The van der Waals surface area contributed by atoms with E-state index >= 15 is 0 Å². The van der Waals surface area contributed by atoms with Crippen molar-refractivity contribution in [2.45, 2.75) is 12.8 Å². The zero-order valence-corrected chi connectivity index (χ0v) is 6.22. The van der Waals surface area contributed by atoms with Crippen molar-refractivity contribution >= 4 is 0 Å². The Morgan fingerprint density at radius 2 is 2.00 bits per heavy atom. The first-order chi connectivity index (χ1) is 4.27. The van der Waals surface area contributed by atoms with Crippen molar-refractivity contribution in [3.05, 3.63) is 11.4 Å². The normalized spacial score (nSPS) is 9.56. The zero-order valence-electron chi connectivity index (χ0n) is 6.22. The summed E-state index contributed by atoms with van der Waals surface area (Å²) >= 11 is 0. The SMILES string of the molecule is [C-]#[N+]CCCCN(C)C. The Morgan fingerprint density at radius 3 is 2.44 bits per heavy atom. The van der Waals surface area contributed by atoms with E-state index in [0.29, 0.717) is 6.54 Å². The van der Waals surface area contributed by atoms with Crippen LogP contribution in [0.25, 0.3) is 4.85 Å². The molecule has 0 aromatic heterocycles. The van der Waals surface area contributed by atoms with Gasteiger partial charge >= 0.3 is 0 Å². The number of nitrogens with zero attached hydrogens (tertiary/aromatic N) is 2. The van der Waals surface area contributed by atoms with E-state index < -0.39 is 0 Å². The van der Waals surface area contributed by atoms with Gasteiger partial charge in [0.05, 0.1) is 0 Å². The number of unbranched alkanes of at least 4 members (excludes halogenated alkanes) is 1. The molecular weight excluding hydrogens is 112 g/mol. The van der Waals surface area contributed by atoms with Gasteiger partial charge in [0.1, 0.15) is 0 Å². The van der Waals surface area contributed by atoms with Crippen LogP contribution in [0.3, 0.4) is 0 Å². The first-order valence-corrected chi connectivity index (χ1v) is 3.25. The van der Waals surface area contributed by atoms with E-state index in [-0.39, 0.29) is 0 Å². The summed E-state index contributed by atoms with van der Waals surface area (Å²) in [5.41, 5.74) is 0. The van der Waals surface area contributed by atoms with Crippen LogP contribution in [-0.2, 0) is 0 Å². The Hall–Kier alpha value is -0.550. The molecule has 0 aliphatic heterocycles. The molecule has 0 aromatic rings. The molecule has 0 saturated carbocycles. The second-order valence-electron chi connectivity index (χ2n) is 2.39. The Kier molecular flexibility index (Phi) is 5.24. The first kappa shape index (κ1) is 8.45. The predicted octanol–water partition coefficient (Wildman–Crippen LogP) is 1.25. The lowest BCUT2D eigenvalue weighted by Gasteiger charge is -2.05. The van der Waals surface area contributed by atoms with Gasteiger partial charge in [-0.15, -0.1) is 0 Å². The summed E-state index contributed by atoms with van der Waals surface area (Å²) in [4.78, 5) is 5.41. The van der Waals surface area contributed by atoms with Gasteiger partial charge in [-0.05, 0) is 27.1 Å². The standard InChI is InChI=1S/C7H14N2/c1-8-6-4-5-7-9(2)3/h4-7H2,2-3H3. The number of hydrogen-bond donors (Lipinski definition) is 0. The van der Waals surface area contributed by atoms with Gasteiger partial charge in [0, 0.05) is 6.42 Å². The minimum atomic E-state index is 0.688. The molecular formula is C7H14N2. The lowest BCUT2D eigenvalue weighted by Crippen LogP contribution is -2.12. The van der Waals surface area contributed by atoms with E-state index in [9.17, 15) is 0 Å². The van der Waals surface area contributed by atoms with Gasteiger partial charge in [-0.2, -0.15) is 0 Å². The maximum atomic E-state index is 6.50. The first-order valence-electron chi connectivity index (χ1n) is 3.25.